The van der Waals surface area contributed by atoms with Gasteiger partial charge in [0.05, 0.1) is 22.6 Å². The molecule has 34 heavy (non-hydrogen) atoms. The molecule has 0 radical (unpaired) electrons. The molecule has 0 atom stereocenters. The summed E-state index contributed by atoms with van der Waals surface area (Å²) in [5, 5.41) is 8.37. The molecule has 1 fully saturated rings. The number of halogens is 1. The Morgan fingerprint density at radius 1 is 1.09 bits per heavy atom. The first-order valence-electron chi connectivity index (χ1n) is 11.7. The summed E-state index contributed by atoms with van der Waals surface area (Å²) in [5.74, 6) is 2.50. The second-order valence-electron chi connectivity index (χ2n) is 8.80. The number of nitrogens with one attached hydrogen (secondary N) is 3. The largest absolute Gasteiger partial charge is 0.486 e. The molecule has 0 spiro atoms. The van der Waals surface area contributed by atoms with Gasteiger partial charge in [-0.1, -0.05) is 29.8 Å². The van der Waals surface area contributed by atoms with Gasteiger partial charge in [0.1, 0.15) is 13.2 Å². The number of H-pyrrole nitrogens is 1. The number of hydrogen-bond donors (Lipinski definition) is 3. The number of ether oxygens (including phenoxy) is 2. The Bertz CT molecular complexity index is 1360. The molecule has 8 heteroatoms. The Morgan fingerprint density at radius 3 is 2.74 bits per heavy atom. The Labute approximate surface area is 202 Å². The summed E-state index contributed by atoms with van der Waals surface area (Å²) in [6.07, 6.45) is 5.75. The van der Waals surface area contributed by atoms with Crippen molar-refractivity contribution in [2.45, 2.75) is 25.7 Å². The zero-order valence-electron chi connectivity index (χ0n) is 19.0. The van der Waals surface area contributed by atoms with Gasteiger partial charge in [0.2, 0.25) is 5.95 Å². The molecule has 2 aromatic heterocycles. The Morgan fingerprint density at radius 2 is 1.88 bits per heavy atom. The maximum absolute atomic E-state index is 6.52. The van der Waals surface area contributed by atoms with Crippen LogP contribution in [0.5, 0.6) is 11.5 Å². The Balaban J connectivity index is 1.39. The highest BCUT2D eigenvalue weighted by molar-refractivity contribution is 6.33. The van der Waals surface area contributed by atoms with Crippen molar-refractivity contribution in [2.75, 3.05) is 31.6 Å². The van der Waals surface area contributed by atoms with Gasteiger partial charge in [0.15, 0.2) is 11.5 Å². The molecule has 2 aromatic carbocycles. The number of piperidine rings is 1. The predicted octanol–water partition coefficient (Wildman–Crippen LogP) is 5.57. The molecule has 174 valence electrons. The minimum absolute atomic E-state index is 0.454. The van der Waals surface area contributed by atoms with Crippen molar-refractivity contribution in [3.05, 3.63) is 58.9 Å². The number of anilines is 2. The highest BCUT2D eigenvalue weighted by Gasteiger charge is 2.28. The lowest BCUT2D eigenvalue weighted by atomic mass is 9.86. The summed E-state index contributed by atoms with van der Waals surface area (Å²) in [7, 11) is 0. The monoisotopic (exact) mass is 475 g/mol. The fraction of sp³-hybridized carbons (Fsp3) is 0.308. The number of para-hydroxylation sites is 1. The summed E-state index contributed by atoms with van der Waals surface area (Å²) in [6, 6.07) is 10.2. The summed E-state index contributed by atoms with van der Waals surface area (Å²) in [6.45, 7) is 5.25. The highest BCUT2D eigenvalue weighted by atomic mass is 35.5. The van der Waals surface area contributed by atoms with E-state index in [4.69, 9.17) is 26.1 Å². The summed E-state index contributed by atoms with van der Waals surface area (Å²) < 4.78 is 12.3. The zero-order chi connectivity index (χ0) is 23.1. The first-order valence-corrected chi connectivity index (χ1v) is 12.1. The average molecular weight is 476 g/mol. The Hall–Kier alpha value is -3.29. The molecule has 4 heterocycles. The number of hydrogen-bond acceptors (Lipinski definition) is 6. The molecule has 1 saturated heterocycles. The van der Waals surface area contributed by atoms with Gasteiger partial charge in [-0.3, -0.25) is 0 Å². The van der Waals surface area contributed by atoms with Crippen LogP contribution in [0.3, 0.4) is 0 Å². The van der Waals surface area contributed by atoms with Crippen LogP contribution in [-0.4, -0.2) is 41.3 Å². The van der Waals surface area contributed by atoms with Gasteiger partial charge in [-0.25, -0.2) is 9.97 Å². The van der Waals surface area contributed by atoms with Crippen molar-refractivity contribution in [3.63, 3.8) is 0 Å². The van der Waals surface area contributed by atoms with E-state index in [2.05, 4.69) is 39.7 Å². The average Bonchev–Trinajstić information content (AvgIpc) is 3.30. The lowest BCUT2D eigenvalue weighted by Gasteiger charge is -2.30. The number of benzene rings is 2. The zero-order valence-corrected chi connectivity index (χ0v) is 19.7. The molecule has 2 aliphatic rings. The van der Waals surface area contributed by atoms with E-state index in [0.29, 0.717) is 35.8 Å². The van der Waals surface area contributed by atoms with Crippen LogP contribution in [0.15, 0.2) is 42.7 Å². The smallest absolute Gasteiger partial charge is 0.227 e. The molecule has 2 aliphatic heterocycles. The van der Waals surface area contributed by atoms with Crippen molar-refractivity contribution in [3.8, 4) is 22.8 Å². The maximum atomic E-state index is 6.52. The van der Waals surface area contributed by atoms with E-state index < -0.39 is 0 Å². The third kappa shape index (κ3) is 3.75. The molecule has 7 nitrogen and oxygen atoms in total. The van der Waals surface area contributed by atoms with Crippen molar-refractivity contribution in [2.24, 2.45) is 0 Å². The van der Waals surface area contributed by atoms with Crippen LogP contribution in [0.25, 0.3) is 22.2 Å². The van der Waals surface area contributed by atoms with E-state index in [0.717, 1.165) is 59.6 Å². The molecule has 3 N–H and O–H groups in total. The molecule has 0 aliphatic carbocycles. The fourth-order valence-electron chi connectivity index (χ4n) is 5.07. The van der Waals surface area contributed by atoms with Gasteiger partial charge in [-0.15, -0.1) is 0 Å². The summed E-state index contributed by atoms with van der Waals surface area (Å²) >= 11 is 6.52. The number of aromatic nitrogens is 3. The van der Waals surface area contributed by atoms with E-state index in [1.807, 2.05) is 24.4 Å². The van der Waals surface area contributed by atoms with Crippen molar-refractivity contribution >= 4 is 34.1 Å². The van der Waals surface area contributed by atoms with Gasteiger partial charge in [-0.05, 0) is 56.5 Å². The molecule has 0 saturated carbocycles. The molecular weight excluding hydrogens is 450 g/mol. The van der Waals surface area contributed by atoms with Crippen molar-refractivity contribution in [1.29, 1.82) is 0 Å². The molecule has 0 unspecified atom stereocenters. The van der Waals surface area contributed by atoms with Gasteiger partial charge in [-0.2, -0.15) is 0 Å². The third-order valence-electron chi connectivity index (χ3n) is 6.64. The summed E-state index contributed by atoms with van der Waals surface area (Å²) in [4.78, 5) is 12.5. The summed E-state index contributed by atoms with van der Waals surface area (Å²) in [5.41, 5.74) is 5.89. The topological polar surface area (TPSA) is 84.1 Å². The van der Waals surface area contributed by atoms with Crippen LogP contribution in [0, 0.1) is 6.92 Å². The minimum Gasteiger partial charge on any atom is -0.486 e. The van der Waals surface area contributed by atoms with Gasteiger partial charge in [0.25, 0.3) is 0 Å². The van der Waals surface area contributed by atoms with E-state index in [1.54, 1.807) is 6.20 Å². The lowest BCUT2D eigenvalue weighted by Crippen LogP contribution is -2.28. The second-order valence-corrected chi connectivity index (χ2v) is 9.20. The third-order valence-corrected chi connectivity index (χ3v) is 6.92. The quantitative estimate of drug-likeness (QED) is 0.358. The van der Waals surface area contributed by atoms with Crippen LogP contribution < -0.4 is 20.1 Å². The maximum Gasteiger partial charge on any atom is 0.227 e. The number of aromatic amines is 1. The Kier molecular flexibility index (Phi) is 5.51. The molecule has 6 rings (SSSR count). The number of nitrogens with zero attached hydrogens (tertiary/aromatic N) is 2. The van der Waals surface area contributed by atoms with E-state index in [1.165, 1.54) is 11.1 Å². The first kappa shape index (κ1) is 21.3. The van der Waals surface area contributed by atoms with Crippen LogP contribution in [0.2, 0.25) is 5.02 Å². The van der Waals surface area contributed by atoms with Crippen LogP contribution in [0.1, 0.15) is 29.9 Å². The van der Waals surface area contributed by atoms with Gasteiger partial charge in [0, 0.05) is 28.2 Å². The second kappa shape index (κ2) is 8.81. The lowest BCUT2D eigenvalue weighted by molar-refractivity contribution is 0.169. The molecule has 4 aromatic rings. The van der Waals surface area contributed by atoms with Crippen molar-refractivity contribution in [1.82, 2.24) is 20.3 Å². The molecule has 0 amide bonds. The first-order chi connectivity index (χ1) is 16.7. The molecular formula is C26H26ClN5O2. The standard InChI is InChI=1S/C26H26ClN5O2/c1-15-12-21(24-25(34-11-10-33-24)22(15)16-6-8-28-9-7-16)31-26-30-14-19(27)23(32-26)18-13-29-20-5-3-2-4-17(18)20/h2-5,12-14,16,28-29H,6-11H2,1H3,(H,30,31,32). The molecule has 0 bridgehead atoms. The predicted molar refractivity (Wildman–Crippen MR) is 135 cm³/mol. The van der Waals surface area contributed by atoms with Crippen LogP contribution in [-0.2, 0) is 0 Å². The minimum atomic E-state index is 0.454. The van der Waals surface area contributed by atoms with Crippen molar-refractivity contribution < 1.29 is 9.47 Å². The van der Waals surface area contributed by atoms with E-state index in [9.17, 15) is 0 Å². The highest BCUT2D eigenvalue weighted by Crippen LogP contribution is 2.47. The van der Waals surface area contributed by atoms with Crippen LogP contribution in [0.4, 0.5) is 11.6 Å². The number of rotatable bonds is 4. The van der Waals surface area contributed by atoms with E-state index in [-0.39, 0.29) is 0 Å². The van der Waals surface area contributed by atoms with Gasteiger partial charge < -0.3 is 25.1 Å². The van der Waals surface area contributed by atoms with Gasteiger partial charge >= 0.3 is 0 Å². The normalized spacial score (nSPS) is 16.1. The number of fused-ring (bicyclic) bond motifs is 2. The number of aryl methyl sites for hydroxylation is 1. The van der Waals surface area contributed by atoms with Crippen LogP contribution >= 0.6 is 11.6 Å². The SMILES string of the molecule is Cc1cc(Nc2ncc(Cl)c(-c3c[nH]c4ccccc34)n2)c2c(c1C1CCNCC1)OCCO2. The fourth-order valence-corrected chi connectivity index (χ4v) is 5.27. The van der Waals surface area contributed by atoms with E-state index >= 15 is 0 Å².